The molecule has 0 saturated carbocycles. The van der Waals surface area contributed by atoms with Crippen molar-refractivity contribution >= 4 is 29.5 Å². The Morgan fingerprint density at radius 3 is 2.94 bits per heavy atom. The largest absolute Gasteiger partial charge is 0.378 e. The molecule has 0 unspecified atom stereocenters. The first-order valence-electron chi connectivity index (χ1n) is 9.96. The number of nitrogens with two attached hydrogens (primary N) is 1. The van der Waals surface area contributed by atoms with Gasteiger partial charge >= 0.3 is 0 Å². The quantitative estimate of drug-likeness (QED) is 0.370. The van der Waals surface area contributed by atoms with Gasteiger partial charge in [-0.1, -0.05) is 35.9 Å². The van der Waals surface area contributed by atoms with Gasteiger partial charge in [0.05, 0.1) is 19.3 Å². The lowest BCUT2D eigenvalue weighted by atomic mass is 9.99. The van der Waals surface area contributed by atoms with Gasteiger partial charge in [0.25, 0.3) is 5.91 Å². The van der Waals surface area contributed by atoms with Crippen LogP contribution in [0.4, 0.5) is 5.82 Å². The van der Waals surface area contributed by atoms with Crippen LogP contribution in [0, 0.1) is 5.92 Å². The number of amides is 1. The molecule has 4 N–H and O–H groups in total. The molecule has 12 heteroatoms. The summed E-state index contributed by atoms with van der Waals surface area (Å²) in [5, 5.41) is 20.1. The van der Waals surface area contributed by atoms with E-state index in [9.17, 15) is 4.79 Å². The predicted octanol–water partition coefficient (Wildman–Crippen LogP) is 0.465. The molecule has 1 saturated heterocycles. The van der Waals surface area contributed by atoms with Crippen molar-refractivity contribution in [2.24, 2.45) is 11.0 Å². The Morgan fingerprint density at radius 2 is 2.23 bits per heavy atom. The number of piperidine rings is 1. The Kier molecular flexibility index (Phi) is 6.23. The van der Waals surface area contributed by atoms with Crippen LogP contribution in [0.2, 0.25) is 5.02 Å². The minimum atomic E-state index is -0.487. The van der Waals surface area contributed by atoms with Gasteiger partial charge in [-0.15, -0.1) is 5.10 Å². The third-order valence-corrected chi connectivity index (χ3v) is 5.54. The van der Waals surface area contributed by atoms with Crippen LogP contribution in [0.15, 0.2) is 34.0 Å². The normalized spacial score (nSPS) is 19.0. The molecule has 1 aliphatic heterocycles. The van der Waals surface area contributed by atoms with Crippen LogP contribution in [0.5, 0.6) is 0 Å². The first-order chi connectivity index (χ1) is 15.0. The van der Waals surface area contributed by atoms with Crippen LogP contribution in [0.1, 0.15) is 41.5 Å². The Labute approximate surface area is 183 Å². The number of nitrogens with one attached hydrogen (secondary N) is 2. The molecule has 0 bridgehead atoms. The molecule has 11 nitrogen and oxygen atoms in total. The molecule has 162 valence electrons. The Hall–Kier alpha value is -3.31. The average molecular weight is 445 g/mol. The molecule has 4 rings (SSSR count). The van der Waals surface area contributed by atoms with E-state index in [1.165, 1.54) is 15.8 Å². The van der Waals surface area contributed by atoms with Crippen molar-refractivity contribution in [3.8, 4) is 5.82 Å². The molecule has 0 spiro atoms. The summed E-state index contributed by atoms with van der Waals surface area (Å²) >= 11 is 5.97. The van der Waals surface area contributed by atoms with Gasteiger partial charge in [-0.2, -0.15) is 9.78 Å². The molecular weight excluding hydrogens is 422 g/mol. The molecule has 1 aliphatic rings. The van der Waals surface area contributed by atoms with Crippen LogP contribution in [-0.2, 0) is 6.54 Å². The number of hydrazone groups is 1. The van der Waals surface area contributed by atoms with E-state index in [-0.39, 0.29) is 17.3 Å². The third kappa shape index (κ3) is 4.89. The summed E-state index contributed by atoms with van der Waals surface area (Å²) in [4.78, 5) is 14.1. The highest BCUT2D eigenvalue weighted by molar-refractivity contribution is 6.30. The van der Waals surface area contributed by atoms with E-state index < -0.39 is 5.91 Å². The second-order valence-electron chi connectivity index (χ2n) is 7.63. The fourth-order valence-corrected chi connectivity index (χ4v) is 3.73. The van der Waals surface area contributed by atoms with E-state index in [2.05, 4.69) is 38.1 Å². The van der Waals surface area contributed by atoms with E-state index in [0.717, 1.165) is 31.5 Å². The zero-order valence-electron chi connectivity index (χ0n) is 17.0. The molecule has 0 atom stereocenters. The Balaban J connectivity index is 1.56. The number of nitrogens with zero attached hydrogens (tertiary/aromatic N) is 6. The Morgan fingerprint density at radius 1 is 1.42 bits per heavy atom. The van der Waals surface area contributed by atoms with Gasteiger partial charge in [-0.25, -0.2) is 10.1 Å². The number of quaternary nitrogens is 1. The minimum absolute atomic E-state index is 0.0688. The molecule has 31 heavy (non-hydrogen) atoms. The van der Waals surface area contributed by atoms with Crippen molar-refractivity contribution in [1.29, 1.82) is 0 Å². The summed E-state index contributed by atoms with van der Waals surface area (Å²) in [5.74, 6) is 0.484. The van der Waals surface area contributed by atoms with Crippen molar-refractivity contribution in [2.45, 2.75) is 26.3 Å². The number of likely N-dealkylation sites (tertiary alicyclic amines) is 1. The number of carbonyl (C=O) groups is 1. The van der Waals surface area contributed by atoms with E-state index in [4.69, 9.17) is 22.0 Å². The number of carbonyl (C=O) groups excluding carboxylic acids is 1. The lowest BCUT2D eigenvalue weighted by Crippen LogP contribution is -3.11. The number of aromatic nitrogens is 5. The van der Waals surface area contributed by atoms with E-state index >= 15 is 0 Å². The number of anilines is 1. The minimum Gasteiger partial charge on any atom is -0.378 e. The highest BCUT2D eigenvalue weighted by atomic mass is 35.5. The van der Waals surface area contributed by atoms with Crippen LogP contribution >= 0.6 is 11.6 Å². The van der Waals surface area contributed by atoms with Crippen molar-refractivity contribution < 1.29 is 14.3 Å². The first kappa shape index (κ1) is 20.9. The smallest absolute Gasteiger partial charge is 0.294 e. The second kappa shape index (κ2) is 9.23. The van der Waals surface area contributed by atoms with Crippen LogP contribution in [0.25, 0.3) is 5.82 Å². The van der Waals surface area contributed by atoms with Crippen molar-refractivity contribution in [3.63, 3.8) is 0 Å². The number of nitrogen functional groups attached to an aromatic ring is 1. The predicted molar refractivity (Wildman–Crippen MR) is 113 cm³/mol. The van der Waals surface area contributed by atoms with Crippen molar-refractivity contribution in [2.75, 3.05) is 18.8 Å². The molecule has 1 aromatic carbocycles. The van der Waals surface area contributed by atoms with Gasteiger partial charge in [0, 0.05) is 5.02 Å². The summed E-state index contributed by atoms with van der Waals surface area (Å²) in [5.41, 5.74) is 9.81. The van der Waals surface area contributed by atoms with Gasteiger partial charge in [0.15, 0.2) is 5.69 Å². The lowest BCUT2D eigenvalue weighted by Gasteiger charge is -2.27. The van der Waals surface area contributed by atoms with E-state index in [1.807, 2.05) is 6.07 Å². The number of rotatable bonds is 6. The van der Waals surface area contributed by atoms with Crippen LogP contribution in [-0.4, -0.2) is 50.5 Å². The number of hydrogen-bond donors (Lipinski definition) is 3. The standard InChI is InChI=1S/C19H22ClN9O2/c1-12-5-7-28(8-6-12)11-15-16(23-27-29(15)18-17(21)25-31-26-18)19(30)24-22-10-13-3-2-4-14(20)9-13/h2-4,9-10,12H,5-8,11H2,1H3,(H2,21,25)(H,24,30)/p+1/b22-10-. The topological polar surface area (TPSA) is 142 Å². The van der Waals surface area contributed by atoms with Crippen LogP contribution in [0.3, 0.4) is 0 Å². The first-order valence-corrected chi connectivity index (χ1v) is 10.3. The number of hydrogen-bond acceptors (Lipinski definition) is 8. The highest BCUT2D eigenvalue weighted by Gasteiger charge is 2.28. The molecular formula is C19H23ClN9O2+. The summed E-state index contributed by atoms with van der Waals surface area (Å²) < 4.78 is 6.11. The molecule has 1 fully saturated rings. The van der Waals surface area contributed by atoms with Crippen LogP contribution < -0.4 is 16.1 Å². The number of benzene rings is 1. The van der Waals surface area contributed by atoms with E-state index in [0.29, 0.717) is 23.2 Å². The van der Waals surface area contributed by atoms with Gasteiger partial charge in [0.1, 0.15) is 12.2 Å². The molecule has 0 radical (unpaired) electrons. The molecule has 0 aliphatic carbocycles. The summed E-state index contributed by atoms with van der Waals surface area (Å²) in [7, 11) is 0. The summed E-state index contributed by atoms with van der Waals surface area (Å²) in [6.45, 7) is 4.77. The third-order valence-electron chi connectivity index (χ3n) is 5.30. The summed E-state index contributed by atoms with van der Waals surface area (Å²) in [6.07, 6.45) is 3.75. The SMILES string of the molecule is CC1CC[NH+](Cc2c(C(=O)N/N=C\c3cccc(Cl)c3)nnn2-c2nonc2N)CC1. The lowest BCUT2D eigenvalue weighted by molar-refractivity contribution is -0.920. The van der Waals surface area contributed by atoms with Gasteiger partial charge < -0.3 is 10.6 Å². The maximum absolute atomic E-state index is 12.8. The van der Waals surface area contributed by atoms with Gasteiger partial charge in [0.2, 0.25) is 11.6 Å². The fraction of sp³-hybridized carbons (Fsp3) is 0.368. The summed E-state index contributed by atoms with van der Waals surface area (Å²) in [6, 6.07) is 7.12. The molecule has 2 aromatic heterocycles. The fourth-order valence-electron chi connectivity index (χ4n) is 3.53. The zero-order chi connectivity index (χ0) is 21.8. The molecule has 3 aromatic rings. The molecule has 1 amide bonds. The van der Waals surface area contributed by atoms with Gasteiger partial charge in [-0.05, 0) is 46.8 Å². The van der Waals surface area contributed by atoms with Crippen molar-refractivity contribution in [1.82, 2.24) is 30.7 Å². The Bertz CT molecular complexity index is 1090. The average Bonchev–Trinajstić information content (AvgIpc) is 3.35. The molecule has 3 heterocycles. The highest BCUT2D eigenvalue weighted by Crippen LogP contribution is 2.16. The van der Waals surface area contributed by atoms with Crippen molar-refractivity contribution in [3.05, 3.63) is 46.2 Å². The maximum atomic E-state index is 12.8. The van der Waals surface area contributed by atoms with Gasteiger partial charge in [-0.3, -0.25) is 4.79 Å². The monoisotopic (exact) mass is 444 g/mol. The zero-order valence-corrected chi connectivity index (χ0v) is 17.7. The second-order valence-corrected chi connectivity index (χ2v) is 8.07. The van der Waals surface area contributed by atoms with E-state index in [1.54, 1.807) is 18.2 Å². The number of halogens is 1. The maximum Gasteiger partial charge on any atom is 0.294 e.